The molecule has 2 rings (SSSR count). The van der Waals surface area contributed by atoms with Crippen molar-refractivity contribution in [2.24, 2.45) is 5.92 Å². The minimum Gasteiger partial charge on any atom is -0.366 e. The molecule has 0 fully saturated rings. The monoisotopic (exact) mass is 257 g/mol. The SMILES string of the molecule is CNn1nc(C#CC2C=CC=CC2=C=S)nc1N. The summed E-state index contributed by atoms with van der Waals surface area (Å²) in [7, 11) is 1.70. The van der Waals surface area contributed by atoms with Crippen molar-refractivity contribution in [3.63, 3.8) is 0 Å². The largest absolute Gasteiger partial charge is 0.366 e. The maximum absolute atomic E-state index is 5.61. The number of allylic oxidation sites excluding steroid dienone is 5. The fraction of sp³-hybridized carbons (Fsp3) is 0.167. The molecule has 1 unspecified atom stereocenters. The zero-order valence-corrected chi connectivity index (χ0v) is 10.5. The van der Waals surface area contributed by atoms with E-state index in [1.165, 1.54) is 4.79 Å². The first-order valence-corrected chi connectivity index (χ1v) is 5.67. The molecule has 0 amide bonds. The second-order valence-corrected chi connectivity index (χ2v) is 3.68. The Morgan fingerprint density at radius 2 is 2.33 bits per heavy atom. The number of nitrogen functional groups attached to an aromatic ring is 1. The molecule has 0 saturated carbocycles. The van der Waals surface area contributed by atoms with Crippen LogP contribution in [0.1, 0.15) is 5.82 Å². The summed E-state index contributed by atoms with van der Waals surface area (Å²) in [4.78, 5) is 5.37. The molecule has 90 valence electrons. The van der Waals surface area contributed by atoms with E-state index in [9.17, 15) is 0 Å². The van der Waals surface area contributed by atoms with Crippen molar-refractivity contribution in [2.45, 2.75) is 0 Å². The van der Waals surface area contributed by atoms with E-state index < -0.39 is 0 Å². The maximum atomic E-state index is 5.61. The molecule has 1 aliphatic rings. The molecule has 0 aromatic carbocycles. The Hall–Kier alpha value is -2.35. The molecule has 0 saturated heterocycles. The smallest absolute Gasteiger partial charge is 0.239 e. The average molecular weight is 257 g/mol. The molecule has 6 heteroatoms. The minimum atomic E-state index is -0.0738. The van der Waals surface area contributed by atoms with Crippen molar-refractivity contribution in [3.05, 3.63) is 35.7 Å². The predicted octanol–water partition coefficient (Wildman–Crippen LogP) is 0.652. The lowest BCUT2D eigenvalue weighted by Crippen LogP contribution is -2.13. The molecule has 0 spiro atoms. The molecule has 1 atom stereocenters. The van der Waals surface area contributed by atoms with Gasteiger partial charge in [0.2, 0.25) is 11.8 Å². The Morgan fingerprint density at radius 1 is 1.50 bits per heavy atom. The van der Waals surface area contributed by atoms with Crippen molar-refractivity contribution in [1.29, 1.82) is 0 Å². The summed E-state index contributed by atoms with van der Waals surface area (Å²) < 4.78 is 0. The topological polar surface area (TPSA) is 68.8 Å². The minimum absolute atomic E-state index is 0.0738. The van der Waals surface area contributed by atoms with Crippen LogP contribution in [0.5, 0.6) is 0 Å². The molecular formula is C12H11N5S. The Kier molecular flexibility index (Phi) is 3.58. The quantitative estimate of drug-likeness (QED) is 0.571. The molecule has 0 bridgehead atoms. The summed E-state index contributed by atoms with van der Waals surface area (Å²) in [6, 6.07) is 0. The van der Waals surface area contributed by atoms with Gasteiger partial charge in [-0.05, 0) is 29.2 Å². The number of nitrogens with two attached hydrogens (primary N) is 1. The highest BCUT2D eigenvalue weighted by Crippen LogP contribution is 2.15. The van der Waals surface area contributed by atoms with E-state index in [-0.39, 0.29) is 11.9 Å². The molecular weight excluding hydrogens is 246 g/mol. The molecule has 1 aromatic rings. The van der Waals surface area contributed by atoms with Crippen molar-refractivity contribution in [1.82, 2.24) is 14.9 Å². The highest BCUT2D eigenvalue weighted by atomic mass is 32.1. The van der Waals surface area contributed by atoms with Gasteiger partial charge < -0.3 is 11.2 Å². The van der Waals surface area contributed by atoms with Crippen LogP contribution in [0.15, 0.2) is 29.9 Å². The van der Waals surface area contributed by atoms with Crippen molar-refractivity contribution >= 4 is 23.2 Å². The fourth-order valence-electron chi connectivity index (χ4n) is 1.45. The van der Waals surface area contributed by atoms with Crippen molar-refractivity contribution < 1.29 is 0 Å². The summed E-state index contributed by atoms with van der Waals surface area (Å²) in [5.41, 5.74) is 9.24. The number of rotatable bonds is 1. The van der Waals surface area contributed by atoms with Gasteiger partial charge in [0.1, 0.15) is 0 Å². The van der Waals surface area contributed by atoms with Crippen LogP contribution in [0.2, 0.25) is 0 Å². The normalized spacial score (nSPS) is 16.9. The van der Waals surface area contributed by atoms with Gasteiger partial charge in [-0.3, -0.25) is 0 Å². The second-order valence-electron chi connectivity index (χ2n) is 3.48. The Balaban J connectivity index is 2.24. The van der Waals surface area contributed by atoms with Crippen LogP contribution >= 0.6 is 12.2 Å². The van der Waals surface area contributed by atoms with Gasteiger partial charge >= 0.3 is 0 Å². The molecule has 18 heavy (non-hydrogen) atoms. The third-order valence-electron chi connectivity index (χ3n) is 2.33. The first kappa shape index (κ1) is 12.1. The van der Waals surface area contributed by atoms with Crippen LogP contribution in [0, 0.1) is 17.8 Å². The number of aromatic nitrogens is 3. The van der Waals surface area contributed by atoms with Gasteiger partial charge in [0.25, 0.3) is 0 Å². The molecule has 0 radical (unpaired) electrons. The highest BCUT2D eigenvalue weighted by molar-refractivity contribution is 7.78. The lowest BCUT2D eigenvalue weighted by Gasteiger charge is -2.06. The number of nitrogens with zero attached hydrogens (tertiary/aromatic N) is 3. The second kappa shape index (κ2) is 5.32. The van der Waals surface area contributed by atoms with E-state index in [1.54, 1.807) is 7.05 Å². The lowest BCUT2D eigenvalue weighted by molar-refractivity contribution is 0.788. The van der Waals surface area contributed by atoms with Crippen LogP contribution in [0.25, 0.3) is 0 Å². The van der Waals surface area contributed by atoms with E-state index in [0.717, 1.165) is 5.57 Å². The summed E-state index contributed by atoms with van der Waals surface area (Å²) in [5.74, 6) is 6.46. The highest BCUT2D eigenvalue weighted by Gasteiger charge is 2.08. The van der Waals surface area contributed by atoms with Crippen LogP contribution in [-0.2, 0) is 0 Å². The number of nitrogens with one attached hydrogen (secondary N) is 1. The van der Waals surface area contributed by atoms with Crippen LogP contribution < -0.4 is 11.2 Å². The first-order valence-electron chi connectivity index (χ1n) is 5.26. The summed E-state index contributed by atoms with van der Waals surface area (Å²) in [5, 5.41) is 6.76. The molecule has 0 aliphatic heterocycles. The van der Waals surface area contributed by atoms with Crippen LogP contribution in [-0.4, -0.2) is 26.9 Å². The molecule has 1 heterocycles. The molecule has 3 N–H and O–H groups in total. The van der Waals surface area contributed by atoms with Gasteiger partial charge in [0, 0.05) is 12.6 Å². The number of thiocarbonyl (C=S) groups is 1. The van der Waals surface area contributed by atoms with Gasteiger partial charge in [-0.1, -0.05) is 24.1 Å². The van der Waals surface area contributed by atoms with E-state index in [2.05, 4.69) is 32.4 Å². The summed E-state index contributed by atoms with van der Waals surface area (Å²) in [6.45, 7) is 0. The summed E-state index contributed by atoms with van der Waals surface area (Å²) >= 11 is 4.82. The zero-order valence-electron chi connectivity index (χ0n) is 9.71. The Bertz CT molecular complexity index is 623. The molecule has 1 aromatic heterocycles. The van der Waals surface area contributed by atoms with Gasteiger partial charge in [-0.25, -0.2) is 0 Å². The van der Waals surface area contributed by atoms with Crippen molar-refractivity contribution in [3.8, 4) is 11.8 Å². The van der Waals surface area contributed by atoms with Crippen LogP contribution in [0.4, 0.5) is 5.95 Å². The van der Waals surface area contributed by atoms with E-state index in [1.807, 2.05) is 24.3 Å². The number of anilines is 1. The maximum Gasteiger partial charge on any atom is 0.239 e. The van der Waals surface area contributed by atoms with E-state index >= 15 is 0 Å². The first-order chi connectivity index (χ1) is 8.74. The average Bonchev–Trinajstić information content (AvgIpc) is 2.77. The van der Waals surface area contributed by atoms with Gasteiger partial charge in [0.15, 0.2) is 0 Å². The summed E-state index contributed by atoms with van der Waals surface area (Å²) in [6.07, 6.45) is 7.66. The van der Waals surface area contributed by atoms with E-state index in [4.69, 9.17) is 18.0 Å². The van der Waals surface area contributed by atoms with Gasteiger partial charge in [-0.15, -0.1) is 9.89 Å². The van der Waals surface area contributed by atoms with E-state index in [0.29, 0.717) is 5.82 Å². The Morgan fingerprint density at radius 3 is 3.00 bits per heavy atom. The van der Waals surface area contributed by atoms with Crippen LogP contribution in [0.3, 0.4) is 0 Å². The fourth-order valence-corrected chi connectivity index (χ4v) is 1.64. The van der Waals surface area contributed by atoms with Gasteiger partial charge in [0.05, 0.1) is 5.92 Å². The molecule has 1 aliphatic carbocycles. The lowest BCUT2D eigenvalue weighted by atomic mass is 9.97. The third-order valence-corrected chi connectivity index (χ3v) is 2.56. The van der Waals surface area contributed by atoms with Crippen molar-refractivity contribution in [2.75, 3.05) is 18.2 Å². The third kappa shape index (κ3) is 2.48. The molecule has 5 nitrogen and oxygen atoms in total. The Labute approximate surface area is 110 Å². The number of hydrogen-bond acceptors (Lipinski definition) is 5. The predicted molar refractivity (Wildman–Crippen MR) is 74.5 cm³/mol. The standard InChI is InChI=1S/C12H11N5S/c1-14-17-12(13)15-11(16-17)7-6-9-4-2-3-5-10(9)8-18/h2-5,9,14H,1H3,(H2,13,15,16). The zero-order chi connectivity index (χ0) is 13.0. The number of hydrogen-bond donors (Lipinski definition) is 2. The van der Waals surface area contributed by atoms with Gasteiger partial charge in [-0.2, -0.15) is 4.98 Å².